The number of pyridine rings is 1. The van der Waals surface area contributed by atoms with Gasteiger partial charge in [0.2, 0.25) is 5.91 Å². The van der Waals surface area contributed by atoms with Gasteiger partial charge >= 0.3 is 0 Å². The Bertz CT molecular complexity index is 804. The number of aromatic amines is 1. The lowest BCUT2D eigenvalue weighted by Gasteiger charge is -2.17. The normalized spacial score (nSPS) is 10.2. The molecular formula is C16H16BrN3O2S. The number of amides is 2. The van der Waals surface area contributed by atoms with E-state index in [4.69, 9.17) is 12.2 Å². The van der Waals surface area contributed by atoms with E-state index in [9.17, 15) is 9.59 Å². The van der Waals surface area contributed by atoms with Crippen LogP contribution in [0.4, 0.5) is 5.69 Å². The van der Waals surface area contributed by atoms with Crippen LogP contribution in [-0.4, -0.2) is 35.3 Å². The van der Waals surface area contributed by atoms with Gasteiger partial charge in [0.25, 0.3) is 5.91 Å². The topological polar surface area (TPSA) is 65.2 Å². The van der Waals surface area contributed by atoms with Crippen molar-refractivity contribution in [3.05, 3.63) is 56.8 Å². The third-order valence-electron chi connectivity index (χ3n) is 3.24. The van der Waals surface area contributed by atoms with Gasteiger partial charge in [0.1, 0.15) is 4.64 Å². The van der Waals surface area contributed by atoms with Gasteiger partial charge in [-0.25, -0.2) is 0 Å². The average Bonchev–Trinajstić information content (AvgIpc) is 2.50. The van der Waals surface area contributed by atoms with Crippen molar-refractivity contribution < 1.29 is 9.59 Å². The molecule has 0 atom stereocenters. The molecule has 1 aromatic heterocycles. The minimum atomic E-state index is -0.297. The zero-order chi connectivity index (χ0) is 17.0. The van der Waals surface area contributed by atoms with Crippen LogP contribution in [0.15, 0.2) is 41.0 Å². The van der Waals surface area contributed by atoms with Crippen LogP contribution in [0.25, 0.3) is 0 Å². The van der Waals surface area contributed by atoms with Crippen molar-refractivity contribution in [1.82, 2.24) is 9.88 Å². The molecule has 2 amide bonds. The van der Waals surface area contributed by atoms with Crippen molar-refractivity contribution in [3.8, 4) is 0 Å². The maximum atomic E-state index is 12.3. The zero-order valence-electron chi connectivity index (χ0n) is 12.7. The Balaban J connectivity index is 2.03. The monoisotopic (exact) mass is 393 g/mol. The fourth-order valence-corrected chi connectivity index (χ4v) is 2.74. The fourth-order valence-electron chi connectivity index (χ4n) is 2.04. The molecule has 1 heterocycles. The molecule has 0 aliphatic rings. The standard InChI is InChI=1S/C16H16BrN3O2S/c1-10-8-11(17)5-6-13(10)19-14(21)9-20(2)16(22)12-4-3-7-18-15(12)23/h3-8H,9H2,1-2H3,(H,18,23)(H,19,21). The van der Waals surface area contributed by atoms with E-state index >= 15 is 0 Å². The van der Waals surface area contributed by atoms with Crippen LogP contribution in [0.2, 0.25) is 0 Å². The SMILES string of the molecule is Cc1cc(Br)ccc1NC(=O)CN(C)C(=O)c1ccc[nH]c1=S. The number of hydrogen-bond acceptors (Lipinski definition) is 3. The third-order valence-corrected chi connectivity index (χ3v) is 4.07. The number of benzene rings is 1. The van der Waals surface area contributed by atoms with E-state index in [1.54, 1.807) is 25.4 Å². The molecule has 5 nitrogen and oxygen atoms in total. The molecule has 1 aromatic carbocycles. The van der Waals surface area contributed by atoms with Crippen molar-refractivity contribution in [2.75, 3.05) is 18.9 Å². The zero-order valence-corrected chi connectivity index (χ0v) is 15.1. The second-order valence-electron chi connectivity index (χ2n) is 5.08. The molecule has 0 saturated heterocycles. The van der Waals surface area contributed by atoms with E-state index in [1.807, 2.05) is 25.1 Å². The number of aromatic nitrogens is 1. The molecule has 2 rings (SSSR count). The quantitative estimate of drug-likeness (QED) is 0.780. The van der Waals surface area contributed by atoms with Crippen LogP contribution >= 0.6 is 28.1 Å². The molecule has 0 aliphatic heterocycles. The highest BCUT2D eigenvalue weighted by atomic mass is 79.9. The molecule has 0 unspecified atom stereocenters. The number of rotatable bonds is 4. The van der Waals surface area contributed by atoms with E-state index in [0.717, 1.165) is 15.7 Å². The van der Waals surface area contributed by atoms with E-state index in [-0.39, 0.29) is 18.4 Å². The second-order valence-corrected chi connectivity index (χ2v) is 6.41. The summed E-state index contributed by atoms with van der Waals surface area (Å²) in [5.41, 5.74) is 2.03. The Labute approximate surface area is 147 Å². The van der Waals surface area contributed by atoms with Gasteiger partial charge in [-0.15, -0.1) is 0 Å². The molecule has 0 saturated carbocycles. The lowest BCUT2D eigenvalue weighted by Crippen LogP contribution is -2.35. The van der Waals surface area contributed by atoms with Crippen molar-refractivity contribution in [2.45, 2.75) is 6.92 Å². The number of hydrogen-bond donors (Lipinski definition) is 2. The van der Waals surface area contributed by atoms with E-state index in [1.165, 1.54) is 4.90 Å². The molecule has 0 aliphatic carbocycles. The Kier molecular flexibility index (Phi) is 5.68. The molecule has 0 radical (unpaired) electrons. The molecule has 7 heteroatoms. The summed E-state index contributed by atoms with van der Waals surface area (Å²) in [5, 5.41) is 2.80. The summed E-state index contributed by atoms with van der Waals surface area (Å²) in [5.74, 6) is -0.563. The molecule has 23 heavy (non-hydrogen) atoms. The van der Waals surface area contributed by atoms with Crippen LogP contribution < -0.4 is 5.32 Å². The number of aryl methyl sites for hydroxylation is 1. The first-order valence-electron chi connectivity index (χ1n) is 6.87. The molecule has 2 N–H and O–H groups in total. The average molecular weight is 394 g/mol. The molecule has 0 fully saturated rings. The predicted octanol–water partition coefficient (Wildman–Crippen LogP) is 3.53. The van der Waals surface area contributed by atoms with Crippen molar-refractivity contribution >= 4 is 45.6 Å². The Morgan fingerprint density at radius 2 is 2.09 bits per heavy atom. The lowest BCUT2D eigenvalue weighted by atomic mass is 10.2. The van der Waals surface area contributed by atoms with E-state index in [2.05, 4.69) is 26.2 Å². The predicted molar refractivity (Wildman–Crippen MR) is 96.1 cm³/mol. The number of nitrogens with one attached hydrogen (secondary N) is 2. The lowest BCUT2D eigenvalue weighted by molar-refractivity contribution is -0.116. The summed E-state index contributed by atoms with van der Waals surface area (Å²) >= 11 is 8.46. The van der Waals surface area contributed by atoms with Crippen LogP contribution in [0.5, 0.6) is 0 Å². The highest BCUT2D eigenvalue weighted by molar-refractivity contribution is 9.10. The van der Waals surface area contributed by atoms with Gasteiger partial charge < -0.3 is 15.2 Å². The minimum absolute atomic E-state index is 0.0575. The summed E-state index contributed by atoms with van der Waals surface area (Å²) in [6, 6.07) is 8.90. The van der Waals surface area contributed by atoms with Gasteiger partial charge in [-0.05, 0) is 42.8 Å². The largest absolute Gasteiger partial charge is 0.352 e. The number of halogens is 1. The first kappa shape index (κ1) is 17.4. The summed E-state index contributed by atoms with van der Waals surface area (Å²) < 4.78 is 1.30. The Hall–Kier alpha value is -1.99. The van der Waals surface area contributed by atoms with Crippen LogP contribution in [-0.2, 0) is 4.79 Å². The fraction of sp³-hybridized carbons (Fsp3) is 0.188. The van der Waals surface area contributed by atoms with Gasteiger partial charge in [0, 0.05) is 23.4 Å². The van der Waals surface area contributed by atoms with Crippen molar-refractivity contribution in [3.63, 3.8) is 0 Å². The number of nitrogens with zero attached hydrogens (tertiary/aromatic N) is 1. The first-order chi connectivity index (χ1) is 10.9. The summed E-state index contributed by atoms with van der Waals surface area (Å²) in [6.07, 6.45) is 1.65. The van der Waals surface area contributed by atoms with E-state index in [0.29, 0.717) is 10.2 Å². The van der Waals surface area contributed by atoms with Gasteiger partial charge in [0.05, 0.1) is 12.1 Å². The maximum absolute atomic E-state index is 12.3. The summed E-state index contributed by atoms with van der Waals surface area (Å²) in [4.78, 5) is 28.6. The second kappa shape index (κ2) is 7.52. The first-order valence-corrected chi connectivity index (χ1v) is 8.08. The smallest absolute Gasteiger partial charge is 0.257 e. The third kappa shape index (κ3) is 4.49. The number of carbonyl (C=O) groups is 2. The molecule has 0 bridgehead atoms. The molecule has 2 aromatic rings. The number of H-pyrrole nitrogens is 1. The van der Waals surface area contributed by atoms with Crippen LogP contribution in [0.3, 0.4) is 0 Å². The maximum Gasteiger partial charge on any atom is 0.257 e. The van der Waals surface area contributed by atoms with E-state index < -0.39 is 0 Å². The number of carbonyl (C=O) groups excluding carboxylic acids is 2. The highest BCUT2D eigenvalue weighted by Crippen LogP contribution is 2.20. The summed E-state index contributed by atoms with van der Waals surface area (Å²) in [6.45, 7) is 1.84. The number of likely N-dealkylation sites (N-methyl/N-ethyl adjacent to an activating group) is 1. The van der Waals surface area contributed by atoms with Gasteiger partial charge in [-0.2, -0.15) is 0 Å². The van der Waals surface area contributed by atoms with Crippen molar-refractivity contribution in [2.24, 2.45) is 0 Å². The van der Waals surface area contributed by atoms with Gasteiger partial charge in [-0.3, -0.25) is 9.59 Å². The van der Waals surface area contributed by atoms with Crippen LogP contribution in [0.1, 0.15) is 15.9 Å². The Morgan fingerprint density at radius 1 is 1.35 bits per heavy atom. The highest BCUT2D eigenvalue weighted by Gasteiger charge is 2.16. The molecule has 0 spiro atoms. The minimum Gasteiger partial charge on any atom is -0.352 e. The molecule has 120 valence electrons. The number of anilines is 1. The Morgan fingerprint density at radius 3 is 2.74 bits per heavy atom. The van der Waals surface area contributed by atoms with Gasteiger partial charge in [-0.1, -0.05) is 28.1 Å². The molecular weight excluding hydrogens is 378 g/mol. The van der Waals surface area contributed by atoms with Crippen LogP contribution in [0, 0.1) is 11.6 Å². The van der Waals surface area contributed by atoms with Crippen molar-refractivity contribution in [1.29, 1.82) is 0 Å². The van der Waals surface area contributed by atoms with Gasteiger partial charge in [0.15, 0.2) is 0 Å². The summed E-state index contributed by atoms with van der Waals surface area (Å²) in [7, 11) is 1.57.